The molecule has 2 N–H and O–H groups in total. The van der Waals surface area contributed by atoms with Crippen molar-refractivity contribution >= 4 is 44.4 Å². The van der Waals surface area contributed by atoms with Gasteiger partial charge in [-0.05, 0) is 49.2 Å². The fraction of sp³-hybridized carbons (Fsp3) is 0.261. The van der Waals surface area contributed by atoms with Crippen LogP contribution in [0.1, 0.15) is 18.4 Å². The lowest BCUT2D eigenvalue weighted by Gasteiger charge is -2.33. The Morgan fingerprint density at radius 2 is 2.00 bits per heavy atom. The van der Waals surface area contributed by atoms with Crippen LogP contribution in [0.3, 0.4) is 0 Å². The third-order valence-corrected chi connectivity index (χ3v) is 7.89. The molecule has 1 heterocycles. The summed E-state index contributed by atoms with van der Waals surface area (Å²) in [6.45, 7) is 0.164. The fourth-order valence-corrected chi connectivity index (χ4v) is 5.90. The molecule has 34 heavy (non-hydrogen) atoms. The van der Waals surface area contributed by atoms with Gasteiger partial charge in [0.2, 0.25) is 0 Å². The lowest BCUT2D eigenvalue weighted by atomic mass is 9.80. The van der Waals surface area contributed by atoms with E-state index in [0.717, 1.165) is 36.1 Å². The molecule has 1 aliphatic carbocycles. The number of thiazole rings is 1. The summed E-state index contributed by atoms with van der Waals surface area (Å²) >= 11 is 7.48. The Balaban J connectivity index is 1.56. The number of benzene rings is 2. The second kappa shape index (κ2) is 10.4. The Hall–Kier alpha value is -2.53. The van der Waals surface area contributed by atoms with Crippen molar-refractivity contribution in [2.45, 2.75) is 23.8 Å². The predicted molar refractivity (Wildman–Crippen MR) is 130 cm³/mol. The largest absolute Gasteiger partial charge is 0.491 e. The van der Waals surface area contributed by atoms with Crippen molar-refractivity contribution in [2.75, 3.05) is 18.4 Å². The number of hydrogen-bond acceptors (Lipinski definition) is 6. The molecule has 1 aliphatic rings. The van der Waals surface area contributed by atoms with E-state index in [4.69, 9.17) is 16.3 Å². The third kappa shape index (κ3) is 5.41. The molecule has 180 valence electrons. The molecule has 0 fully saturated rings. The maximum Gasteiger partial charge on any atom is 0.266 e. The van der Waals surface area contributed by atoms with Gasteiger partial charge < -0.3 is 10.1 Å². The molecular weight excluding hydrogens is 504 g/mol. The lowest BCUT2D eigenvalue weighted by molar-refractivity contribution is 0.239. The van der Waals surface area contributed by atoms with Crippen LogP contribution in [0.4, 0.5) is 14.6 Å². The normalized spacial score (nSPS) is 18.4. The molecule has 0 saturated heterocycles. The number of hydrogen-bond donors (Lipinski definition) is 2. The van der Waals surface area contributed by atoms with Crippen LogP contribution in [0, 0.1) is 17.6 Å². The van der Waals surface area contributed by atoms with Gasteiger partial charge in [-0.25, -0.2) is 22.2 Å². The van der Waals surface area contributed by atoms with Crippen LogP contribution in [0.2, 0.25) is 5.02 Å². The monoisotopic (exact) mass is 525 g/mol. The van der Waals surface area contributed by atoms with Gasteiger partial charge in [-0.15, -0.1) is 11.3 Å². The van der Waals surface area contributed by atoms with Crippen LogP contribution in [-0.4, -0.2) is 33.1 Å². The van der Waals surface area contributed by atoms with Crippen LogP contribution in [0.15, 0.2) is 58.3 Å². The molecule has 0 saturated carbocycles. The molecular formula is C23H22ClF2N3O3S2. The summed E-state index contributed by atoms with van der Waals surface area (Å²) in [5, 5.41) is 4.73. The minimum absolute atomic E-state index is 0.0330. The highest BCUT2D eigenvalue weighted by Crippen LogP contribution is 2.36. The van der Waals surface area contributed by atoms with Crippen LogP contribution in [0.5, 0.6) is 5.75 Å². The number of aromatic nitrogens is 1. The number of allylic oxidation sites excluding steroid dienone is 1. The number of rotatable bonds is 8. The molecule has 0 bridgehead atoms. The molecule has 0 spiro atoms. The zero-order chi connectivity index (χ0) is 24.3. The van der Waals surface area contributed by atoms with Crippen molar-refractivity contribution in [1.29, 1.82) is 0 Å². The first-order valence-corrected chi connectivity index (χ1v) is 13.2. The van der Waals surface area contributed by atoms with Gasteiger partial charge in [0.25, 0.3) is 10.0 Å². The average Bonchev–Trinajstić information content (AvgIpc) is 3.32. The van der Waals surface area contributed by atoms with Crippen molar-refractivity contribution in [3.05, 3.63) is 75.6 Å². The van der Waals surface area contributed by atoms with Crippen LogP contribution in [0.25, 0.3) is 5.57 Å². The maximum atomic E-state index is 14.8. The Labute approximate surface area is 205 Å². The Morgan fingerprint density at radius 3 is 2.68 bits per heavy atom. The average molecular weight is 526 g/mol. The predicted octanol–water partition coefficient (Wildman–Crippen LogP) is 5.34. The number of nitrogens with zero attached hydrogens (tertiary/aromatic N) is 1. The van der Waals surface area contributed by atoms with E-state index in [-0.39, 0.29) is 41.0 Å². The van der Waals surface area contributed by atoms with Crippen molar-refractivity contribution in [1.82, 2.24) is 10.3 Å². The van der Waals surface area contributed by atoms with Gasteiger partial charge in [0.15, 0.2) is 5.82 Å². The van der Waals surface area contributed by atoms with Crippen LogP contribution >= 0.6 is 22.9 Å². The zero-order valence-corrected chi connectivity index (χ0v) is 20.5. The second-order valence-electron chi connectivity index (χ2n) is 7.75. The van der Waals surface area contributed by atoms with Crippen LogP contribution in [-0.2, 0) is 10.0 Å². The van der Waals surface area contributed by atoms with E-state index < -0.39 is 20.7 Å². The summed E-state index contributed by atoms with van der Waals surface area (Å²) in [5.41, 5.74) is 3.33. The number of nitrogens with one attached hydrogen (secondary N) is 2. The second-order valence-corrected chi connectivity index (χ2v) is 10.5. The SMILES string of the molecule is CN[C@@H]1CCC=C(c2ccc(F)cc2)[C@H]1COc1cc(F)c(S(=O)(=O)Nc2cscn2)cc1Cl. The molecule has 4 rings (SSSR count). The molecule has 0 amide bonds. The number of halogens is 3. The summed E-state index contributed by atoms with van der Waals surface area (Å²) in [4.78, 5) is 3.24. The first-order valence-electron chi connectivity index (χ1n) is 10.4. The summed E-state index contributed by atoms with van der Waals surface area (Å²) < 4.78 is 61.5. The Morgan fingerprint density at radius 1 is 1.24 bits per heavy atom. The van der Waals surface area contributed by atoms with E-state index in [2.05, 4.69) is 21.1 Å². The highest BCUT2D eigenvalue weighted by atomic mass is 35.5. The van der Waals surface area contributed by atoms with Gasteiger partial charge in [-0.1, -0.05) is 29.8 Å². The number of ether oxygens (including phenoxy) is 1. The molecule has 2 atom stereocenters. The summed E-state index contributed by atoms with van der Waals surface area (Å²) in [5.74, 6) is -1.30. The minimum Gasteiger partial charge on any atom is -0.491 e. The first kappa shape index (κ1) is 24.6. The highest BCUT2D eigenvalue weighted by Gasteiger charge is 2.29. The van der Waals surface area contributed by atoms with E-state index in [1.165, 1.54) is 34.4 Å². The van der Waals surface area contributed by atoms with Gasteiger partial charge in [-0.3, -0.25) is 4.72 Å². The van der Waals surface area contributed by atoms with E-state index in [1.54, 1.807) is 12.1 Å². The molecule has 11 heteroatoms. The third-order valence-electron chi connectivity index (χ3n) is 5.64. The Kier molecular flexibility index (Phi) is 7.51. The van der Waals surface area contributed by atoms with E-state index >= 15 is 0 Å². The number of anilines is 1. The van der Waals surface area contributed by atoms with Crippen molar-refractivity contribution in [3.63, 3.8) is 0 Å². The molecule has 0 unspecified atom stereocenters. The zero-order valence-electron chi connectivity index (χ0n) is 18.1. The van der Waals surface area contributed by atoms with Gasteiger partial charge in [-0.2, -0.15) is 0 Å². The topological polar surface area (TPSA) is 80.3 Å². The van der Waals surface area contributed by atoms with E-state index in [1.807, 2.05) is 7.05 Å². The van der Waals surface area contributed by atoms with E-state index in [0.29, 0.717) is 0 Å². The molecule has 0 radical (unpaired) electrons. The van der Waals surface area contributed by atoms with Crippen LogP contribution < -0.4 is 14.8 Å². The lowest BCUT2D eigenvalue weighted by Crippen LogP contribution is -2.39. The Bertz CT molecular complexity index is 1280. The maximum absolute atomic E-state index is 14.8. The highest BCUT2D eigenvalue weighted by molar-refractivity contribution is 7.92. The van der Waals surface area contributed by atoms with Gasteiger partial charge in [0.05, 0.1) is 17.1 Å². The van der Waals surface area contributed by atoms with E-state index in [9.17, 15) is 17.2 Å². The summed E-state index contributed by atoms with van der Waals surface area (Å²) in [6.07, 6.45) is 3.82. The summed E-state index contributed by atoms with van der Waals surface area (Å²) in [7, 11) is -2.37. The van der Waals surface area contributed by atoms with Gasteiger partial charge >= 0.3 is 0 Å². The summed E-state index contributed by atoms with van der Waals surface area (Å²) in [6, 6.07) is 8.31. The molecule has 0 aliphatic heterocycles. The molecule has 6 nitrogen and oxygen atoms in total. The molecule has 2 aromatic carbocycles. The quantitative estimate of drug-likeness (QED) is 0.415. The smallest absolute Gasteiger partial charge is 0.266 e. The van der Waals surface area contributed by atoms with Crippen molar-refractivity contribution in [2.24, 2.45) is 5.92 Å². The first-order chi connectivity index (χ1) is 16.3. The van der Waals surface area contributed by atoms with Gasteiger partial charge in [0.1, 0.15) is 22.3 Å². The molecule has 3 aromatic rings. The molecule has 1 aromatic heterocycles. The standard InChI is InChI=1S/C23H22ClF2N3O3S2/c1-27-20-4-2-3-16(14-5-7-15(25)8-6-14)17(20)11-32-21-10-19(26)22(9-18(21)24)34(30,31)29-23-12-33-13-28-23/h3,5-10,12-13,17,20,27,29H,2,4,11H2,1H3/t17-,20-/m1/s1. The minimum atomic E-state index is -4.22. The van der Waals surface area contributed by atoms with Crippen molar-refractivity contribution in [3.8, 4) is 5.75 Å². The van der Waals surface area contributed by atoms with Crippen molar-refractivity contribution < 1.29 is 21.9 Å². The number of sulfonamides is 1. The fourth-order valence-electron chi connectivity index (χ4n) is 3.98. The van der Waals surface area contributed by atoms with Gasteiger partial charge in [0, 0.05) is 23.4 Å².